The Kier molecular flexibility index (Phi) is 11.1. The third-order valence-corrected chi connectivity index (χ3v) is 7.32. The maximum absolute atomic E-state index is 12.7. The van der Waals surface area contributed by atoms with Gasteiger partial charge in [-0.2, -0.15) is 5.10 Å². The Hall–Kier alpha value is -3.49. The third-order valence-electron chi connectivity index (χ3n) is 6.07. The fourth-order valence-corrected chi connectivity index (χ4v) is 5.06. The number of anilines is 2. The number of carbonyl (C=O) groups excluding carboxylic acids is 1. The molecule has 0 radical (unpaired) electrons. The number of aromatic nitrogens is 1. The van der Waals surface area contributed by atoms with Crippen molar-refractivity contribution in [3.8, 4) is 17.0 Å². The lowest BCUT2D eigenvalue weighted by atomic mass is 10.1. The van der Waals surface area contributed by atoms with Gasteiger partial charge in [-0.1, -0.05) is 85.3 Å². The van der Waals surface area contributed by atoms with Gasteiger partial charge >= 0.3 is 0 Å². The molecule has 1 heterocycles. The van der Waals surface area contributed by atoms with E-state index in [2.05, 4.69) is 43.7 Å². The number of hydrazone groups is 1. The minimum atomic E-state index is -0.285. The summed E-state index contributed by atoms with van der Waals surface area (Å²) in [5.74, 6) is 0.463. The van der Waals surface area contributed by atoms with Crippen molar-refractivity contribution >= 4 is 50.2 Å². The highest BCUT2D eigenvalue weighted by Crippen LogP contribution is 2.27. The smallest absolute Gasteiger partial charge is 0.271 e. The summed E-state index contributed by atoms with van der Waals surface area (Å²) < 4.78 is 6.92. The van der Waals surface area contributed by atoms with Gasteiger partial charge in [-0.3, -0.25) is 4.79 Å². The number of amides is 1. The van der Waals surface area contributed by atoms with E-state index in [0.29, 0.717) is 12.2 Å². The first-order chi connectivity index (χ1) is 19.1. The highest BCUT2D eigenvalue weighted by molar-refractivity contribution is 9.10. The second-order valence-electron chi connectivity index (χ2n) is 9.10. The van der Waals surface area contributed by atoms with Crippen LogP contribution in [0, 0.1) is 0 Å². The first kappa shape index (κ1) is 28.5. The van der Waals surface area contributed by atoms with Gasteiger partial charge < -0.3 is 10.1 Å². The van der Waals surface area contributed by atoms with Gasteiger partial charge in [0.15, 0.2) is 5.13 Å². The highest BCUT2D eigenvalue weighted by atomic mass is 79.9. The second kappa shape index (κ2) is 15.2. The van der Waals surface area contributed by atoms with Crippen LogP contribution >= 0.6 is 27.3 Å². The van der Waals surface area contributed by atoms with Crippen LogP contribution in [0.1, 0.15) is 61.4 Å². The zero-order valence-electron chi connectivity index (χ0n) is 22.0. The molecule has 3 aromatic carbocycles. The number of para-hydroxylation sites is 1. The molecule has 2 N–H and O–H groups in total. The minimum Gasteiger partial charge on any atom is -0.493 e. The molecule has 0 aliphatic rings. The van der Waals surface area contributed by atoms with Gasteiger partial charge in [0.1, 0.15) is 5.75 Å². The van der Waals surface area contributed by atoms with Gasteiger partial charge in [-0.15, -0.1) is 11.3 Å². The summed E-state index contributed by atoms with van der Waals surface area (Å²) >= 11 is 5.04. The van der Waals surface area contributed by atoms with Crippen molar-refractivity contribution < 1.29 is 9.53 Å². The maximum Gasteiger partial charge on any atom is 0.271 e. The molecule has 0 fully saturated rings. The summed E-state index contributed by atoms with van der Waals surface area (Å²) in [7, 11) is 0. The van der Waals surface area contributed by atoms with Crippen LogP contribution in [-0.4, -0.2) is 23.7 Å². The van der Waals surface area contributed by atoms with Crippen LogP contribution in [0.5, 0.6) is 5.75 Å². The molecule has 0 aliphatic carbocycles. The molecule has 39 heavy (non-hydrogen) atoms. The molecule has 1 amide bonds. The topological polar surface area (TPSA) is 75.6 Å². The van der Waals surface area contributed by atoms with Crippen LogP contribution in [0.3, 0.4) is 0 Å². The van der Waals surface area contributed by atoms with E-state index in [1.165, 1.54) is 43.4 Å². The number of ether oxygens (including phenoxy) is 1. The number of carbonyl (C=O) groups is 1. The Morgan fingerprint density at radius 2 is 1.77 bits per heavy atom. The summed E-state index contributed by atoms with van der Waals surface area (Å²) in [5, 5.41) is 10.3. The largest absolute Gasteiger partial charge is 0.493 e. The van der Waals surface area contributed by atoms with Crippen LogP contribution in [0.2, 0.25) is 0 Å². The molecular formula is C31H33BrN4O2S. The number of hydrogen-bond donors (Lipinski definition) is 2. The van der Waals surface area contributed by atoms with Crippen LogP contribution < -0.4 is 15.5 Å². The van der Waals surface area contributed by atoms with Gasteiger partial charge in [0.05, 0.1) is 18.5 Å². The van der Waals surface area contributed by atoms with Crippen molar-refractivity contribution in [1.82, 2.24) is 10.4 Å². The zero-order chi connectivity index (χ0) is 27.3. The molecule has 0 bridgehead atoms. The highest BCUT2D eigenvalue weighted by Gasteiger charge is 2.09. The van der Waals surface area contributed by atoms with Crippen LogP contribution in [0.25, 0.3) is 11.3 Å². The molecule has 0 unspecified atom stereocenters. The summed E-state index contributed by atoms with van der Waals surface area (Å²) in [6, 6.07) is 23.1. The fourth-order valence-electron chi connectivity index (χ4n) is 3.94. The van der Waals surface area contributed by atoms with Crippen molar-refractivity contribution in [2.24, 2.45) is 5.10 Å². The van der Waals surface area contributed by atoms with Gasteiger partial charge in [0.2, 0.25) is 0 Å². The van der Waals surface area contributed by atoms with E-state index in [1.54, 1.807) is 18.3 Å². The standard InChI is InChI=1S/C31H33BrN4O2S/c1-2-3-4-5-6-10-19-38-29-18-17-26(32)20-25(29)21-33-36-30(37)24-15-13-23(14-16-24)28-22-39-31(35-28)34-27-11-8-7-9-12-27/h7-9,11-18,20-22H,2-6,10,19H2,1H3,(H,34,35)(H,36,37)/b33-21+. The molecule has 4 rings (SSSR count). The molecular weight excluding hydrogens is 572 g/mol. The number of hydrogen-bond acceptors (Lipinski definition) is 6. The SMILES string of the molecule is CCCCCCCCOc1ccc(Br)cc1/C=N/NC(=O)c1ccc(-c2csc(Nc3ccccc3)n2)cc1. The average molecular weight is 606 g/mol. The monoisotopic (exact) mass is 604 g/mol. The van der Waals surface area contributed by atoms with Gasteiger partial charge in [-0.05, 0) is 48.9 Å². The number of nitrogens with one attached hydrogen (secondary N) is 2. The van der Waals surface area contributed by atoms with E-state index < -0.39 is 0 Å². The molecule has 0 saturated carbocycles. The molecule has 202 valence electrons. The Morgan fingerprint density at radius 3 is 2.56 bits per heavy atom. The Morgan fingerprint density at radius 1 is 1.00 bits per heavy atom. The number of rotatable bonds is 14. The van der Waals surface area contributed by atoms with Crippen molar-refractivity contribution in [2.45, 2.75) is 45.4 Å². The van der Waals surface area contributed by atoms with E-state index in [9.17, 15) is 4.79 Å². The fraction of sp³-hybridized carbons (Fsp3) is 0.258. The third kappa shape index (κ3) is 9.04. The predicted molar refractivity (Wildman–Crippen MR) is 165 cm³/mol. The minimum absolute atomic E-state index is 0.285. The first-order valence-corrected chi connectivity index (χ1v) is 14.9. The van der Waals surface area contributed by atoms with Crippen LogP contribution in [-0.2, 0) is 0 Å². The Bertz CT molecular complexity index is 1360. The summed E-state index contributed by atoms with van der Waals surface area (Å²) in [6.45, 7) is 2.89. The zero-order valence-corrected chi connectivity index (χ0v) is 24.4. The normalized spacial score (nSPS) is 11.0. The van der Waals surface area contributed by atoms with Crippen LogP contribution in [0.4, 0.5) is 10.8 Å². The van der Waals surface area contributed by atoms with Crippen LogP contribution in [0.15, 0.2) is 87.8 Å². The van der Waals surface area contributed by atoms with E-state index >= 15 is 0 Å². The predicted octanol–water partition coefficient (Wildman–Crippen LogP) is 8.82. The first-order valence-electron chi connectivity index (χ1n) is 13.3. The lowest BCUT2D eigenvalue weighted by Crippen LogP contribution is -2.17. The summed E-state index contributed by atoms with van der Waals surface area (Å²) in [4.78, 5) is 17.3. The lowest BCUT2D eigenvalue weighted by Gasteiger charge is -2.09. The Balaban J connectivity index is 1.29. The number of thiazole rings is 1. The quantitative estimate of drug-likeness (QED) is 0.0856. The van der Waals surface area contributed by atoms with Crippen molar-refractivity contribution in [3.63, 3.8) is 0 Å². The molecule has 4 aromatic rings. The van der Waals surface area contributed by atoms with Gasteiger partial charge in [0, 0.05) is 32.2 Å². The van der Waals surface area contributed by atoms with Gasteiger partial charge in [-0.25, -0.2) is 10.4 Å². The van der Waals surface area contributed by atoms with E-state index in [-0.39, 0.29) is 5.91 Å². The number of unbranched alkanes of at least 4 members (excludes halogenated alkanes) is 5. The van der Waals surface area contributed by atoms with Crippen molar-refractivity contribution in [2.75, 3.05) is 11.9 Å². The number of halogens is 1. The van der Waals surface area contributed by atoms with E-state index in [1.807, 2.05) is 66.0 Å². The molecule has 0 aliphatic heterocycles. The molecule has 0 atom stereocenters. The second-order valence-corrected chi connectivity index (χ2v) is 10.9. The van der Waals surface area contributed by atoms with E-state index in [4.69, 9.17) is 4.74 Å². The van der Waals surface area contributed by atoms with Crippen molar-refractivity contribution in [3.05, 3.63) is 93.8 Å². The maximum atomic E-state index is 12.7. The number of benzene rings is 3. The number of nitrogens with zero attached hydrogens (tertiary/aromatic N) is 2. The molecule has 0 spiro atoms. The molecule has 6 nitrogen and oxygen atoms in total. The molecule has 0 saturated heterocycles. The summed E-state index contributed by atoms with van der Waals surface area (Å²) in [6.07, 6.45) is 8.88. The average Bonchev–Trinajstić information content (AvgIpc) is 3.42. The Labute approximate surface area is 242 Å². The molecule has 8 heteroatoms. The van der Waals surface area contributed by atoms with E-state index in [0.717, 1.165) is 44.3 Å². The van der Waals surface area contributed by atoms with Gasteiger partial charge in [0.25, 0.3) is 5.91 Å². The summed E-state index contributed by atoms with van der Waals surface area (Å²) in [5.41, 5.74) is 6.72. The lowest BCUT2D eigenvalue weighted by molar-refractivity contribution is 0.0955. The van der Waals surface area contributed by atoms with Crippen molar-refractivity contribution in [1.29, 1.82) is 0 Å². The molecule has 1 aromatic heterocycles.